The summed E-state index contributed by atoms with van der Waals surface area (Å²) in [6.07, 6.45) is 0. The predicted octanol–water partition coefficient (Wildman–Crippen LogP) is 1.38. The van der Waals surface area contributed by atoms with Crippen LogP contribution >= 0.6 is 17.2 Å². The lowest BCUT2D eigenvalue weighted by Gasteiger charge is -2.20. The van der Waals surface area contributed by atoms with Gasteiger partial charge in [-0.2, -0.15) is 0 Å². The lowest BCUT2D eigenvalue weighted by molar-refractivity contribution is 0.366. The molecule has 0 bridgehead atoms. The minimum atomic E-state index is -2.62. The van der Waals surface area contributed by atoms with Gasteiger partial charge in [-0.3, -0.25) is 0 Å². The smallest absolute Gasteiger partial charge is 0.324 e. The van der Waals surface area contributed by atoms with Gasteiger partial charge in [-0.05, 0) is 29.5 Å². The van der Waals surface area contributed by atoms with Crippen molar-refractivity contribution in [2.24, 2.45) is 0 Å². The molecule has 20 heavy (non-hydrogen) atoms. The fourth-order valence-electron chi connectivity index (χ4n) is 1.28. The van der Waals surface area contributed by atoms with Crippen molar-refractivity contribution in [3.8, 4) is 5.75 Å². The van der Waals surface area contributed by atoms with Crippen molar-refractivity contribution >= 4 is 17.2 Å². The second-order valence-corrected chi connectivity index (χ2v) is 5.88. The van der Waals surface area contributed by atoms with Crippen LogP contribution in [0.2, 0.25) is 0 Å². The monoisotopic (exact) mass is 328 g/mol. The first-order valence-corrected chi connectivity index (χ1v) is 7.81. The molecule has 0 saturated carbocycles. The zero-order valence-corrected chi connectivity index (χ0v) is 13.5. The largest absolute Gasteiger partial charge is 0.508 e. The van der Waals surface area contributed by atoms with Crippen LogP contribution in [0.1, 0.15) is 31.9 Å². The van der Waals surface area contributed by atoms with Gasteiger partial charge in [-0.25, -0.2) is 0 Å². The highest BCUT2D eigenvalue weighted by Crippen LogP contribution is 2.30. The maximum absolute atomic E-state index is 9.63. The highest BCUT2D eigenvalue weighted by atomic mass is 31.2. The molecule has 1 aromatic carbocycles. The first-order chi connectivity index (χ1) is 8.87. The quantitative estimate of drug-likeness (QED) is 0.357. The minimum Gasteiger partial charge on any atom is -0.508 e. The molecule has 0 aliphatic heterocycles. The molecule has 7 nitrogen and oxygen atoms in total. The zero-order chi connectivity index (χ0) is 16.5. The Morgan fingerprint density at radius 2 is 1.20 bits per heavy atom. The second kappa shape index (κ2) is 10.4. The van der Waals surface area contributed by atoms with Gasteiger partial charge < -0.3 is 34.5 Å². The molecule has 0 heterocycles. The molecule has 0 radical (unpaired) electrons. The van der Waals surface area contributed by atoms with Crippen molar-refractivity contribution in [3.63, 3.8) is 0 Å². The number of hydrogen-bond donors (Lipinski definition) is 7. The summed E-state index contributed by atoms with van der Waals surface area (Å²) < 4.78 is 0. The lowest BCUT2D eigenvalue weighted by atomic mass is 9.86. The van der Waals surface area contributed by atoms with E-state index in [1.54, 1.807) is 6.07 Å². The molecule has 0 unspecified atom stereocenters. The molecule has 118 valence electrons. The minimum absolute atomic E-state index is 0.0256. The van der Waals surface area contributed by atoms with E-state index in [0.29, 0.717) is 5.75 Å². The van der Waals surface area contributed by atoms with Crippen molar-refractivity contribution < 1.29 is 34.5 Å². The molecule has 0 fully saturated rings. The van der Waals surface area contributed by atoms with Gasteiger partial charge in [0.25, 0.3) is 0 Å². The van der Waals surface area contributed by atoms with Gasteiger partial charge in [0.1, 0.15) is 5.75 Å². The second-order valence-electron chi connectivity index (χ2n) is 4.81. The van der Waals surface area contributed by atoms with E-state index < -0.39 is 17.2 Å². The molecule has 9 heteroatoms. The van der Waals surface area contributed by atoms with Crippen molar-refractivity contribution in [2.45, 2.75) is 33.1 Å². The van der Waals surface area contributed by atoms with Crippen LogP contribution in [0.4, 0.5) is 0 Å². The van der Waals surface area contributed by atoms with Crippen molar-refractivity contribution in [2.75, 3.05) is 0 Å². The van der Waals surface area contributed by atoms with Gasteiger partial charge in [0.2, 0.25) is 0 Å². The number of benzene rings is 1. The van der Waals surface area contributed by atoms with E-state index in [1.165, 1.54) is 0 Å². The number of phenols is 1. The molecule has 0 aliphatic carbocycles. The lowest BCUT2D eigenvalue weighted by Crippen LogP contribution is -2.11. The number of hydrogen-bond acceptors (Lipinski definition) is 7. The summed E-state index contributed by atoms with van der Waals surface area (Å²) in [7, 11) is -5.24. The molecular formula is C11H22O7P2. The highest BCUT2D eigenvalue weighted by Gasteiger charge is 2.17. The van der Waals surface area contributed by atoms with Crippen molar-refractivity contribution in [3.05, 3.63) is 29.3 Å². The van der Waals surface area contributed by atoms with Gasteiger partial charge >= 0.3 is 17.2 Å². The van der Waals surface area contributed by atoms with Crippen molar-refractivity contribution in [1.82, 2.24) is 0 Å². The fourth-order valence-corrected chi connectivity index (χ4v) is 1.28. The van der Waals surface area contributed by atoms with E-state index in [2.05, 4.69) is 20.8 Å². The molecule has 0 atom stereocenters. The maximum Gasteiger partial charge on any atom is 0.324 e. The van der Waals surface area contributed by atoms with E-state index in [0.717, 1.165) is 11.1 Å². The third kappa shape index (κ3) is 14.1. The summed E-state index contributed by atoms with van der Waals surface area (Å²) in [6.45, 7) is 8.26. The third-order valence-corrected chi connectivity index (χ3v) is 1.96. The van der Waals surface area contributed by atoms with E-state index in [9.17, 15) is 5.11 Å². The topological polar surface area (TPSA) is 142 Å². The van der Waals surface area contributed by atoms with Crippen LogP contribution in [0.25, 0.3) is 0 Å². The van der Waals surface area contributed by atoms with Crippen LogP contribution in [0.3, 0.4) is 0 Å². The van der Waals surface area contributed by atoms with Crippen LogP contribution in [-0.4, -0.2) is 34.5 Å². The molecule has 0 amide bonds. The van der Waals surface area contributed by atoms with Gasteiger partial charge in [-0.15, -0.1) is 0 Å². The van der Waals surface area contributed by atoms with E-state index in [1.807, 2.05) is 19.1 Å². The summed E-state index contributed by atoms with van der Waals surface area (Å²) in [5, 5.41) is 9.63. The molecule has 1 rings (SSSR count). The number of phenolic OH excluding ortho intramolecular Hbond substituents is 1. The number of aryl methyl sites for hydroxylation is 1. The molecule has 1 aromatic rings. The molecule has 0 saturated heterocycles. The first kappa shape index (κ1) is 21.9. The number of aromatic hydroxyl groups is 1. The first-order valence-electron chi connectivity index (χ1n) is 5.41. The Morgan fingerprint density at radius 3 is 1.45 bits per heavy atom. The third-order valence-electron chi connectivity index (χ3n) is 1.96. The van der Waals surface area contributed by atoms with E-state index in [4.69, 9.17) is 29.4 Å². The summed E-state index contributed by atoms with van der Waals surface area (Å²) in [6, 6.07) is 5.82. The predicted molar refractivity (Wildman–Crippen MR) is 78.7 cm³/mol. The standard InChI is InChI=1S/C11H16O.2H3O3P/c1-8-5-6-9(10(12)7-8)11(2,3)4;2*1-4(2)3/h5-7,12H,1-4H3;2*1-3H. The molecule has 0 aliphatic rings. The van der Waals surface area contributed by atoms with Crippen LogP contribution < -0.4 is 0 Å². The fraction of sp³-hybridized carbons (Fsp3) is 0.455. The Balaban J connectivity index is 0. The Morgan fingerprint density at radius 1 is 0.850 bits per heavy atom. The summed E-state index contributed by atoms with van der Waals surface area (Å²) in [5.41, 5.74) is 2.13. The van der Waals surface area contributed by atoms with Gasteiger partial charge in [-0.1, -0.05) is 32.9 Å². The Bertz CT molecular complexity index is 366. The number of rotatable bonds is 0. The van der Waals surface area contributed by atoms with Crippen LogP contribution in [0.5, 0.6) is 5.75 Å². The maximum atomic E-state index is 9.63. The van der Waals surface area contributed by atoms with E-state index in [-0.39, 0.29) is 5.41 Å². The summed E-state index contributed by atoms with van der Waals surface area (Å²) in [4.78, 5) is 43.4. The summed E-state index contributed by atoms with van der Waals surface area (Å²) >= 11 is 0. The average Bonchev–Trinajstić information content (AvgIpc) is 2.12. The Hall–Kier alpha value is -0.360. The summed E-state index contributed by atoms with van der Waals surface area (Å²) in [5.74, 6) is 0.405. The van der Waals surface area contributed by atoms with Gasteiger partial charge in [0.05, 0.1) is 0 Å². The van der Waals surface area contributed by atoms with Gasteiger partial charge in [0, 0.05) is 0 Å². The normalized spacial score (nSPS) is 10.6. The average molecular weight is 328 g/mol. The van der Waals surface area contributed by atoms with Crippen molar-refractivity contribution in [1.29, 1.82) is 0 Å². The van der Waals surface area contributed by atoms with Crippen LogP contribution in [0, 0.1) is 6.92 Å². The molecule has 7 N–H and O–H groups in total. The SMILES string of the molecule is Cc1ccc(C(C)(C)C)c(O)c1.OP(O)O.OP(O)O. The highest BCUT2D eigenvalue weighted by molar-refractivity contribution is 7.38. The van der Waals surface area contributed by atoms with Crippen LogP contribution in [0.15, 0.2) is 18.2 Å². The molecule has 0 spiro atoms. The van der Waals surface area contributed by atoms with E-state index >= 15 is 0 Å². The Labute approximate surface area is 120 Å². The Kier molecular flexibility index (Phi) is 11.4. The van der Waals surface area contributed by atoms with Gasteiger partial charge in [0.15, 0.2) is 0 Å². The van der Waals surface area contributed by atoms with Crippen LogP contribution in [-0.2, 0) is 5.41 Å². The molecular weight excluding hydrogens is 306 g/mol. The molecule has 0 aromatic heterocycles. The zero-order valence-electron chi connectivity index (χ0n) is 11.8.